The maximum atomic E-state index is 11.3. The molecular formula is C42H42N2O5. The fraction of sp³-hybridized carbons (Fsp3) is 0.381. The number of rotatable bonds is 7. The Balaban J connectivity index is 1.15. The Kier molecular flexibility index (Phi) is 7.40. The minimum atomic E-state index is -0.398. The summed E-state index contributed by atoms with van der Waals surface area (Å²) in [5, 5.41) is 14.0. The van der Waals surface area contributed by atoms with Crippen LogP contribution in [-0.2, 0) is 25.7 Å². The van der Waals surface area contributed by atoms with Gasteiger partial charge in [-0.1, -0.05) is 17.7 Å². The molecule has 5 aliphatic rings. The molecule has 3 heterocycles. The van der Waals surface area contributed by atoms with Crippen molar-refractivity contribution in [3.05, 3.63) is 114 Å². The van der Waals surface area contributed by atoms with Crippen LogP contribution >= 0.6 is 0 Å². The van der Waals surface area contributed by atoms with Gasteiger partial charge < -0.3 is 19.1 Å². The molecule has 7 nitrogen and oxygen atoms in total. The van der Waals surface area contributed by atoms with Crippen LogP contribution in [0.4, 0.5) is 11.4 Å². The highest BCUT2D eigenvalue weighted by molar-refractivity contribution is 5.90. The Bertz CT molecular complexity index is 2180. The fourth-order valence-electron chi connectivity index (χ4n) is 9.07. The molecule has 4 aromatic rings. The van der Waals surface area contributed by atoms with E-state index in [1.54, 1.807) is 11.6 Å². The van der Waals surface area contributed by atoms with Crippen molar-refractivity contribution < 1.29 is 19.1 Å². The molecule has 7 heteroatoms. The molecule has 250 valence electrons. The molecule has 0 saturated carbocycles. The second-order valence-corrected chi connectivity index (χ2v) is 14.4. The minimum Gasteiger partial charge on any atom is -0.490 e. The monoisotopic (exact) mass is 654 g/mol. The number of nitrogens with zero attached hydrogens (tertiary/aromatic N) is 2. The van der Waals surface area contributed by atoms with E-state index in [4.69, 9.17) is 14.2 Å². The van der Waals surface area contributed by atoms with Gasteiger partial charge in [0, 0.05) is 52.3 Å². The van der Waals surface area contributed by atoms with Crippen molar-refractivity contribution >= 4 is 22.5 Å². The summed E-state index contributed by atoms with van der Waals surface area (Å²) >= 11 is 0. The van der Waals surface area contributed by atoms with E-state index in [9.17, 15) is 10.1 Å². The van der Waals surface area contributed by atoms with Gasteiger partial charge in [-0.25, -0.2) is 0 Å². The van der Waals surface area contributed by atoms with E-state index < -0.39 is 4.92 Å². The number of hydrogen-bond donors (Lipinski definition) is 0. The smallest absolute Gasteiger partial charge is 0.273 e. The van der Waals surface area contributed by atoms with Gasteiger partial charge in [0.25, 0.3) is 5.69 Å². The van der Waals surface area contributed by atoms with Crippen molar-refractivity contribution in [2.45, 2.75) is 78.1 Å². The Morgan fingerprint density at radius 3 is 2.24 bits per heavy atom. The SMILES string of the molecule is Cc1ccc(C2=c3cc4c5c(c3Oc3c2cc2c6c3CCCN6CCC2)CCCC=5CCC4)cc1OCCOc1cc([N+](=O)[O-])ccc1C. The zero-order valence-electron chi connectivity index (χ0n) is 28.5. The van der Waals surface area contributed by atoms with Crippen molar-refractivity contribution in [3.63, 3.8) is 0 Å². The molecule has 0 amide bonds. The first-order valence-corrected chi connectivity index (χ1v) is 18.1. The van der Waals surface area contributed by atoms with Crippen molar-refractivity contribution in [3.8, 4) is 23.0 Å². The van der Waals surface area contributed by atoms with E-state index >= 15 is 0 Å². The highest BCUT2D eigenvalue weighted by Gasteiger charge is 2.34. The van der Waals surface area contributed by atoms with Crippen molar-refractivity contribution in [1.29, 1.82) is 0 Å². The maximum absolute atomic E-state index is 11.3. The normalized spacial score (nSPS) is 17.0. The molecule has 0 aromatic heterocycles. The molecule has 0 bridgehead atoms. The van der Waals surface area contributed by atoms with Gasteiger partial charge in [-0.3, -0.25) is 10.1 Å². The summed E-state index contributed by atoms with van der Waals surface area (Å²) in [6, 6.07) is 16.2. The predicted octanol–water partition coefficient (Wildman–Crippen LogP) is 7.54. The highest BCUT2D eigenvalue weighted by atomic mass is 16.6. The second-order valence-electron chi connectivity index (χ2n) is 14.4. The molecule has 4 aromatic carbocycles. The number of nitro groups is 1. The number of fused-ring (bicyclic) bond motifs is 4. The van der Waals surface area contributed by atoms with Gasteiger partial charge in [0.2, 0.25) is 0 Å². The molecule has 0 radical (unpaired) electrons. The lowest BCUT2D eigenvalue weighted by Crippen LogP contribution is -2.36. The first-order valence-electron chi connectivity index (χ1n) is 18.1. The molecule has 0 spiro atoms. The minimum absolute atomic E-state index is 0.0201. The topological polar surface area (TPSA) is 74.1 Å². The van der Waals surface area contributed by atoms with Crippen LogP contribution in [0.2, 0.25) is 0 Å². The summed E-state index contributed by atoms with van der Waals surface area (Å²) < 4.78 is 19.6. The summed E-state index contributed by atoms with van der Waals surface area (Å²) in [5.74, 6) is 3.47. The van der Waals surface area contributed by atoms with E-state index in [1.807, 2.05) is 6.92 Å². The summed E-state index contributed by atoms with van der Waals surface area (Å²) in [6.45, 7) is 6.83. The van der Waals surface area contributed by atoms with Crippen LogP contribution in [-0.4, -0.2) is 31.2 Å². The average molecular weight is 655 g/mol. The van der Waals surface area contributed by atoms with Crippen LogP contribution in [0.15, 0.2) is 48.5 Å². The molecule has 9 rings (SSSR count). The largest absolute Gasteiger partial charge is 0.490 e. The highest BCUT2D eigenvalue weighted by Crippen LogP contribution is 2.49. The number of anilines is 1. The number of nitro benzene ring substituents is 1. The molecule has 0 fully saturated rings. The zero-order chi connectivity index (χ0) is 33.2. The van der Waals surface area contributed by atoms with Crippen LogP contribution in [0, 0.1) is 24.0 Å². The Labute approximate surface area is 287 Å². The van der Waals surface area contributed by atoms with E-state index in [1.165, 1.54) is 93.8 Å². The van der Waals surface area contributed by atoms with Crippen molar-refractivity contribution in [2.75, 3.05) is 31.2 Å². The van der Waals surface area contributed by atoms with Crippen molar-refractivity contribution in [1.82, 2.24) is 0 Å². The first kappa shape index (κ1) is 30.3. The predicted molar refractivity (Wildman–Crippen MR) is 192 cm³/mol. The van der Waals surface area contributed by atoms with E-state index in [-0.39, 0.29) is 12.3 Å². The van der Waals surface area contributed by atoms with Crippen LogP contribution < -0.4 is 29.5 Å². The maximum Gasteiger partial charge on any atom is 0.273 e. The van der Waals surface area contributed by atoms with Crippen LogP contribution in [0.5, 0.6) is 23.0 Å². The van der Waals surface area contributed by atoms with Gasteiger partial charge in [0.1, 0.15) is 36.2 Å². The number of non-ortho nitro benzene ring substituents is 1. The number of hydrogen-bond acceptors (Lipinski definition) is 6. The number of aryl methyl sites for hydroxylation is 4. The molecule has 49 heavy (non-hydrogen) atoms. The molecule has 0 unspecified atom stereocenters. The van der Waals surface area contributed by atoms with Gasteiger partial charge in [0.05, 0.1) is 11.0 Å². The Morgan fingerprint density at radius 1 is 0.755 bits per heavy atom. The van der Waals surface area contributed by atoms with Gasteiger partial charge in [-0.15, -0.1) is 0 Å². The molecular weight excluding hydrogens is 612 g/mol. The third-order valence-corrected chi connectivity index (χ3v) is 11.3. The molecule has 2 aliphatic carbocycles. The molecule has 3 aliphatic heterocycles. The Morgan fingerprint density at radius 2 is 1.45 bits per heavy atom. The van der Waals surface area contributed by atoms with Crippen LogP contribution in [0.1, 0.15) is 83.0 Å². The van der Waals surface area contributed by atoms with E-state index in [2.05, 4.69) is 42.2 Å². The van der Waals surface area contributed by atoms with Crippen LogP contribution in [0.25, 0.3) is 11.1 Å². The molecule has 0 N–H and O–H groups in total. The molecule has 0 atom stereocenters. The van der Waals surface area contributed by atoms with E-state index in [0.29, 0.717) is 12.4 Å². The first-order chi connectivity index (χ1) is 23.9. The lowest BCUT2D eigenvalue weighted by Gasteiger charge is -2.39. The third-order valence-electron chi connectivity index (χ3n) is 11.3. The number of benzene rings is 4. The lowest BCUT2D eigenvalue weighted by molar-refractivity contribution is -0.385. The summed E-state index contributed by atoms with van der Waals surface area (Å²) in [6.07, 6.45) is 11.5. The lowest BCUT2D eigenvalue weighted by atomic mass is 9.79. The van der Waals surface area contributed by atoms with Crippen LogP contribution in [0.3, 0.4) is 0 Å². The standard InChI is InChI=1S/C42H42N2O5/c1-25-13-15-29(23-36(25)47-19-20-48-37-24-31(44(45)46)16-14-26(37)2)39-34-21-28-9-3-7-27-8-4-11-32(38(27)28)41(34)49-42-33-12-6-18-43-17-5-10-30(40(33)43)22-35(39)42/h13-16,21-24H,3-12,17-20H2,1-2H3. The average Bonchev–Trinajstić information content (AvgIpc) is 3.11. The molecule has 0 saturated heterocycles. The van der Waals surface area contributed by atoms with Gasteiger partial charge in [-0.2, -0.15) is 0 Å². The fourth-order valence-corrected chi connectivity index (χ4v) is 9.07. The van der Waals surface area contributed by atoms with Gasteiger partial charge in [0.15, 0.2) is 0 Å². The number of ether oxygens (including phenoxy) is 3. The third kappa shape index (κ3) is 5.08. The summed E-state index contributed by atoms with van der Waals surface area (Å²) in [7, 11) is 0. The van der Waals surface area contributed by atoms with Gasteiger partial charge >= 0.3 is 0 Å². The van der Waals surface area contributed by atoms with Crippen molar-refractivity contribution in [2.24, 2.45) is 0 Å². The van der Waals surface area contributed by atoms with E-state index in [0.717, 1.165) is 79.1 Å². The zero-order valence-corrected chi connectivity index (χ0v) is 28.5. The quantitative estimate of drug-likeness (QED) is 0.103. The second kappa shape index (κ2) is 12.0. The van der Waals surface area contributed by atoms with Gasteiger partial charge in [-0.05, 0) is 135 Å². The Hall–Kier alpha value is -4.78. The summed E-state index contributed by atoms with van der Waals surface area (Å²) in [5.41, 5.74) is 14.4. The summed E-state index contributed by atoms with van der Waals surface area (Å²) in [4.78, 5) is 13.5.